The number of methoxy groups -OCH3 is 1. The minimum absolute atomic E-state index is 0.736. The van der Waals surface area contributed by atoms with Crippen LogP contribution in [0, 0.1) is 5.92 Å². The third-order valence-corrected chi connectivity index (χ3v) is 3.05. The zero-order valence-corrected chi connectivity index (χ0v) is 10.7. The molecule has 0 aromatic carbocycles. The summed E-state index contributed by atoms with van der Waals surface area (Å²) < 4.78 is 5.09. The normalized spacial score (nSPS) is 13.5. The summed E-state index contributed by atoms with van der Waals surface area (Å²) in [5, 5.41) is 0. The Kier molecular flexibility index (Phi) is 10.0. The maximum atomic E-state index is 5.09. The molecule has 1 atom stereocenters. The number of hydrogen-bond acceptors (Lipinski definition) is 3. The Balaban J connectivity index is 3.75. The van der Waals surface area contributed by atoms with Crippen LogP contribution in [-0.4, -0.2) is 44.0 Å². The Morgan fingerprint density at radius 2 is 2.07 bits per heavy atom. The summed E-state index contributed by atoms with van der Waals surface area (Å²) in [4.78, 5) is 2.44. The molecule has 0 aliphatic heterocycles. The zero-order valence-electron chi connectivity index (χ0n) is 9.83. The number of likely N-dealkylation sites (N-methyl/N-ethyl adjacent to an activating group) is 1. The fourth-order valence-corrected chi connectivity index (χ4v) is 1.91. The second kappa shape index (κ2) is 9.81. The maximum absolute atomic E-state index is 5.09. The molecule has 2 nitrogen and oxygen atoms in total. The van der Waals surface area contributed by atoms with Crippen molar-refractivity contribution in [2.24, 2.45) is 5.92 Å². The topological polar surface area (TPSA) is 12.5 Å². The highest BCUT2D eigenvalue weighted by atomic mass is 32.1. The van der Waals surface area contributed by atoms with Gasteiger partial charge in [-0.3, -0.25) is 0 Å². The van der Waals surface area contributed by atoms with E-state index in [9.17, 15) is 0 Å². The van der Waals surface area contributed by atoms with Crippen molar-refractivity contribution in [1.29, 1.82) is 0 Å². The minimum atomic E-state index is 0.736. The van der Waals surface area contributed by atoms with Crippen molar-refractivity contribution in [3.05, 3.63) is 0 Å². The van der Waals surface area contributed by atoms with E-state index in [1.807, 2.05) is 0 Å². The molecule has 0 aliphatic carbocycles. The Labute approximate surface area is 94.4 Å². The Morgan fingerprint density at radius 1 is 1.36 bits per heavy atom. The molecule has 0 bridgehead atoms. The summed E-state index contributed by atoms with van der Waals surface area (Å²) in [6.45, 7) is 8.59. The van der Waals surface area contributed by atoms with Crippen LogP contribution < -0.4 is 0 Å². The number of rotatable bonds is 9. The van der Waals surface area contributed by atoms with Crippen molar-refractivity contribution >= 4 is 12.6 Å². The highest BCUT2D eigenvalue weighted by Gasteiger charge is 2.10. The molecular weight excluding hydrogens is 194 g/mol. The van der Waals surface area contributed by atoms with Gasteiger partial charge >= 0.3 is 0 Å². The van der Waals surface area contributed by atoms with E-state index in [0.717, 1.165) is 37.9 Å². The monoisotopic (exact) mass is 219 g/mol. The lowest BCUT2D eigenvalue weighted by atomic mass is 10.1. The van der Waals surface area contributed by atoms with Gasteiger partial charge in [0.05, 0.1) is 6.61 Å². The van der Waals surface area contributed by atoms with Gasteiger partial charge in [0.25, 0.3) is 0 Å². The van der Waals surface area contributed by atoms with Crippen molar-refractivity contribution in [1.82, 2.24) is 4.90 Å². The van der Waals surface area contributed by atoms with Crippen LogP contribution >= 0.6 is 12.6 Å². The molecule has 0 fully saturated rings. The molecule has 0 aromatic heterocycles. The third-order valence-electron chi connectivity index (χ3n) is 2.53. The van der Waals surface area contributed by atoms with Crippen LogP contribution in [0.15, 0.2) is 0 Å². The molecule has 3 heteroatoms. The van der Waals surface area contributed by atoms with E-state index < -0.39 is 0 Å². The second-order valence-corrected chi connectivity index (χ2v) is 4.09. The molecule has 0 spiro atoms. The quantitative estimate of drug-likeness (QED) is 0.597. The van der Waals surface area contributed by atoms with E-state index in [2.05, 4.69) is 31.4 Å². The van der Waals surface area contributed by atoms with Crippen LogP contribution in [0.4, 0.5) is 0 Å². The lowest BCUT2D eigenvalue weighted by Crippen LogP contribution is -2.33. The molecule has 0 saturated heterocycles. The number of hydrogen-bond donors (Lipinski definition) is 1. The first-order valence-electron chi connectivity index (χ1n) is 5.60. The molecule has 0 aliphatic rings. The maximum Gasteiger partial charge on any atom is 0.0589 e. The molecule has 14 heavy (non-hydrogen) atoms. The standard InChI is InChI=1S/C11H25NOS/c1-4-6-11(10-14)9-12(5-2)7-8-13-3/h11,14H,4-10H2,1-3H3. The van der Waals surface area contributed by atoms with Gasteiger partial charge in [0, 0.05) is 20.2 Å². The first-order valence-corrected chi connectivity index (χ1v) is 6.23. The second-order valence-electron chi connectivity index (χ2n) is 3.72. The number of thiol groups is 1. The van der Waals surface area contributed by atoms with E-state index in [1.165, 1.54) is 12.8 Å². The van der Waals surface area contributed by atoms with Gasteiger partial charge in [-0.1, -0.05) is 20.3 Å². The molecule has 0 aromatic rings. The molecule has 0 heterocycles. The zero-order chi connectivity index (χ0) is 10.8. The summed E-state index contributed by atoms with van der Waals surface area (Å²) in [7, 11) is 1.76. The highest BCUT2D eigenvalue weighted by molar-refractivity contribution is 7.80. The largest absolute Gasteiger partial charge is 0.383 e. The van der Waals surface area contributed by atoms with Crippen LogP contribution in [0.2, 0.25) is 0 Å². The van der Waals surface area contributed by atoms with Crippen LogP contribution in [0.25, 0.3) is 0 Å². The Bertz CT molecular complexity index is 122. The van der Waals surface area contributed by atoms with Gasteiger partial charge in [0.2, 0.25) is 0 Å². The van der Waals surface area contributed by atoms with E-state index in [-0.39, 0.29) is 0 Å². The van der Waals surface area contributed by atoms with Crippen LogP contribution in [0.1, 0.15) is 26.7 Å². The van der Waals surface area contributed by atoms with Crippen LogP contribution in [-0.2, 0) is 4.74 Å². The summed E-state index contributed by atoms with van der Waals surface area (Å²) in [5.74, 6) is 1.73. The highest BCUT2D eigenvalue weighted by Crippen LogP contribution is 2.10. The summed E-state index contributed by atoms with van der Waals surface area (Å²) >= 11 is 4.40. The smallest absolute Gasteiger partial charge is 0.0589 e. The first kappa shape index (κ1) is 14.3. The van der Waals surface area contributed by atoms with Gasteiger partial charge in [0.1, 0.15) is 0 Å². The van der Waals surface area contributed by atoms with E-state index in [1.54, 1.807) is 7.11 Å². The average molecular weight is 219 g/mol. The Hall–Kier alpha value is 0.270. The Morgan fingerprint density at radius 3 is 2.50 bits per heavy atom. The predicted molar refractivity (Wildman–Crippen MR) is 66.2 cm³/mol. The van der Waals surface area contributed by atoms with Crippen molar-refractivity contribution in [3.8, 4) is 0 Å². The molecular formula is C11H25NOS. The summed E-state index contributed by atoms with van der Waals surface area (Å²) in [5.41, 5.74) is 0. The molecule has 0 amide bonds. The van der Waals surface area contributed by atoms with Gasteiger partial charge in [0.15, 0.2) is 0 Å². The van der Waals surface area contributed by atoms with E-state index in [4.69, 9.17) is 4.74 Å². The molecule has 0 saturated carbocycles. The van der Waals surface area contributed by atoms with Crippen molar-refractivity contribution in [2.75, 3.05) is 39.1 Å². The van der Waals surface area contributed by atoms with Gasteiger partial charge in [-0.05, 0) is 24.6 Å². The molecule has 0 radical (unpaired) electrons. The minimum Gasteiger partial charge on any atom is -0.383 e. The van der Waals surface area contributed by atoms with E-state index in [0.29, 0.717) is 0 Å². The van der Waals surface area contributed by atoms with Gasteiger partial charge in [-0.25, -0.2) is 0 Å². The van der Waals surface area contributed by atoms with Crippen molar-refractivity contribution < 1.29 is 4.74 Å². The van der Waals surface area contributed by atoms with Crippen LogP contribution in [0.5, 0.6) is 0 Å². The number of nitrogens with zero attached hydrogens (tertiary/aromatic N) is 1. The fraction of sp³-hybridized carbons (Fsp3) is 1.00. The van der Waals surface area contributed by atoms with Crippen LogP contribution in [0.3, 0.4) is 0 Å². The first-order chi connectivity index (χ1) is 6.78. The SMILES string of the molecule is CCCC(CS)CN(CC)CCOC. The molecule has 0 N–H and O–H groups in total. The number of ether oxygens (including phenoxy) is 1. The fourth-order valence-electron chi connectivity index (χ4n) is 1.61. The van der Waals surface area contributed by atoms with E-state index >= 15 is 0 Å². The van der Waals surface area contributed by atoms with Gasteiger partial charge < -0.3 is 9.64 Å². The van der Waals surface area contributed by atoms with Crippen molar-refractivity contribution in [2.45, 2.75) is 26.7 Å². The molecule has 86 valence electrons. The predicted octanol–water partition coefficient (Wildman–Crippen LogP) is 2.30. The molecule has 1 unspecified atom stereocenters. The lowest BCUT2D eigenvalue weighted by Gasteiger charge is -2.25. The summed E-state index contributed by atoms with van der Waals surface area (Å²) in [6, 6.07) is 0. The van der Waals surface area contributed by atoms with Gasteiger partial charge in [-0.15, -0.1) is 0 Å². The third kappa shape index (κ3) is 6.68. The average Bonchev–Trinajstić information content (AvgIpc) is 2.22. The van der Waals surface area contributed by atoms with Crippen molar-refractivity contribution in [3.63, 3.8) is 0 Å². The van der Waals surface area contributed by atoms with Gasteiger partial charge in [-0.2, -0.15) is 12.6 Å². The summed E-state index contributed by atoms with van der Waals surface area (Å²) in [6.07, 6.45) is 2.54. The lowest BCUT2D eigenvalue weighted by molar-refractivity contribution is 0.141. The molecule has 0 rings (SSSR count).